The first-order valence-corrected chi connectivity index (χ1v) is 9.28. The van der Waals surface area contributed by atoms with Gasteiger partial charge in [0.2, 0.25) is 0 Å². The van der Waals surface area contributed by atoms with Gasteiger partial charge >= 0.3 is 6.03 Å². The van der Waals surface area contributed by atoms with E-state index < -0.39 is 0 Å². The first kappa shape index (κ1) is 18.6. The van der Waals surface area contributed by atoms with Crippen molar-refractivity contribution in [3.63, 3.8) is 0 Å². The van der Waals surface area contributed by atoms with Gasteiger partial charge in [-0.25, -0.2) is 4.79 Å². The van der Waals surface area contributed by atoms with Gasteiger partial charge in [0, 0.05) is 70.1 Å². The third-order valence-corrected chi connectivity index (χ3v) is 5.24. The summed E-state index contributed by atoms with van der Waals surface area (Å²) in [5.41, 5.74) is 1.13. The Morgan fingerprint density at radius 2 is 2.04 bits per heavy atom. The number of fused-ring (bicyclic) bond motifs is 1. The molecule has 3 rings (SSSR count). The molecule has 2 heterocycles. The van der Waals surface area contributed by atoms with Gasteiger partial charge in [0.05, 0.1) is 0 Å². The van der Waals surface area contributed by atoms with E-state index in [2.05, 4.69) is 40.1 Å². The Labute approximate surface area is 155 Å². The molecule has 1 aliphatic heterocycles. The number of likely N-dealkylation sites (N-methyl/N-ethyl adjacent to an activating group) is 1. The molecule has 2 amide bonds. The van der Waals surface area contributed by atoms with Crippen LogP contribution in [0.4, 0.5) is 4.79 Å². The number of nitrogens with one attached hydrogen (secondary N) is 1. The number of carbonyl (C=O) groups excluding carboxylic acids is 1. The minimum atomic E-state index is -0.0305. The number of nitrogens with zero attached hydrogens (tertiary/aromatic N) is 4. The molecule has 0 saturated carbocycles. The van der Waals surface area contributed by atoms with Crippen LogP contribution in [0.3, 0.4) is 0 Å². The Kier molecular flexibility index (Phi) is 6.06. The SMILES string of the molecule is CC(CNC(=O)N(C)Cc1cccc2cnccc12)N1CCN(C)CC1. The highest BCUT2D eigenvalue weighted by Gasteiger charge is 2.20. The van der Waals surface area contributed by atoms with E-state index >= 15 is 0 Å². The molecule has 26 heavy (non-hydrogen) atoms. The number of benzene rings is 1. The molecule has 2 aromatic rings. The fraction of sp³-hybridized carbons (Fsp3) is 0.500. The van der Waals surface area contributed by atoms with Gasteiger partial charge in [0.15, 0.2) is 0 Å². The van der Waals surface area contributed by atoms with Gasteiger partial charge in [-0.05, 0) is 31.0 Å². The summed E-state index contributed by atoms with van der Waals surface area (Å²) in [5.74, 6) is 0. The summed E-state index contributed by atoms with van der Waals surface area (Å²) in [4.78, 5) is 23.2. The minimum absolute atomic E-state index is 0.0305. The van der Waals surface area contributed by atoms with E-state index in [1.54, 1.807) is 11.1 Å². The highest BCUT2D eigenvalue weighted by molar-refractivity contribution is 5.85. The van der Waals surface area contributed by atoms with E-state index in [-0.39, 0.29) is 6.03 Å². The summed E-state index contributed by atoms with van der Waals surface area (Å²) in [6, 6.07) is 8.45. The van der Waals surface area contributed by atoms with Gasteiger partial charge in [-0.15, -0.1) is 0 Å². The van der Waals surface area contributed by atoms with Crippen molar-refractivity contribution in [3.8, 4) is 0 Å². The molecule has 0 aliphatic carbocycles. The van der Waals surface area contributed by atoms with Gasteiger partial charge in [0.1, 0.15) is 0 Å². The molecule has 6 nitrogen and oxygen atoms in total. The zero-order valence-electron chi connectivity index (χ0n) is 16.0. The van der Waals surface area contributed by atoms with Crippen LogP contribution >= 0.6 is 0 Å². The summed E-state index contributed by atoms with van der Waals surface area (Å²) in [5, 5.41) is 5.32. The molecule has 0 spiro atoms. The number of rotatable bonds is 5. The van der Waals surface area contributed by atoms with Crippen LogP contribution in [0.1, 0.15) is 12.5 Å². The van der Waals surface area contributed by atoms with Gasteiger partial charge in [-0.1, -0.05) is 18.2 Å². The number of hydrogen-bond donors (Lipinski definition) is 1. The summed E-state index contributed by atoms with van der Waals surface area (Å²) < 4.78 is 0. The maximum Gasteiger partial charge on any atom is 0.317 e. The van der Waals surface area contributed by atoms with Crippen LogP contribution in [0.25, 0.3) is 10.8 Å². The maximum atomic E-state index is 12.5. The predicted octanol–water partition coefficient (Wildman–Crippen LogP) is 2.01. The van der Waals surface area contributed by atoms with E-state index in [9.17, 15) is 4.79 Å². The largest absolute Gasteiger partial charge is 0.336 e. The van der Waals surface area contributed by atoms with E-state index in [0.29, 0.717) is 19.1 Å². The Hall–Kier alpha value is -2.18. The third kappa shape index (κ3) is 4.51. The second-order valence-electron chi connectivity index (χ2n) is 7.24. The lowest BCUT2D eigenvalue weighted by atomic mass is 10.1. The molecule has 1 unspecified atom stereocenters. The number of hydrogen-bond acceptors (Lipinski definition) is 4. The predicted molar refractivity (Wildman–Crippen MR) is 105 cm³/mol. The second kappa shape index (κ2) is 8.47. The van der Waals surface area contributed by atoms with Gasteiger partial charge in [-0.2, -0.15) is 0 Å². The lowest BCUT2D eigenvalue weighted by Crippen LogP contribution is -2.52. The minimum Gasteiger partial charge on any atom is -0.336 e. The summed E-state index contributed by atoms with van der Waals surface area (Å²) >= 11 is 0. The third-order valence-electron chi connectivity index (χ3n) is 5.24. The molecule has 1 fully saturated rings. The molecule has 1 aromatic heterocycles. The van der Waals surface area contributed by atoms with Crippen LogP contribution in [0.5, 0.6) is 0 Å². The molecule has 1 N–H and O–H groups in total. The quantitative estimate of drug-likeness (QED) is 0.891. The standard InChI is InChI=1S/C20H29N5O/c1-16(25-11-9-23(2)10-12-25)13-22-20(26)24(3)15-18-6-4-5-17-14-21-8-7-19(17)18/h4-8,14,16H,9-13,15H2,1-3H3,(H,22,26). The summed E-state index contributed by atoms with van der Waals surface area (Å²) in [6.07, 6.45) is 3.65. The van der Waals surface area contributed by atoms with E-state index in [1.165, 1.54) is 0 Å². The highest BCUT2D eigenvalue weighted by atomic mass is 16.2. The van der Waals surface area contributed by atoms with E-state index in [1.807, 2.05) is 31.4 Å². The summed E-state index contributed by atoms with van der Waals surface area (Å²) in [6.45, 7) is 7.74. The van der Waals surface area contributed by atoms with Crippen molar-refractivity contribution < 1.29 is 4.79 Å². The van der Waals surface area contributed by atoms with Gasteiger partial charge < -0.3 is 15.1 Å². The zero-order chi connectivity index (χ0) is 18.5. The number of amides is 2. The Balaban J connectivity index is 1.53. The first-order chi connectivity index (χ1) is 12.5. The van der Waals surface area contributed by atoms with Gasteiger partial charge in [-0.3, -0.25) is 9.88 Å². The Morgan fingerprint density at radius 3 is 2.81 bits per heavy atom. The van der Waals surface area contributed by atoms with Crippen LogP contribution in [0, 0.1) is 0 Å². The molecular weight excluding hydrogens is 326 g/mol. The number of aromatic nitrogens is 1. The van der Waals surface area contributed by atoms with Gasteiger partial charge in [0.25, 0.3) is 0 Å². The normalized spacial score (nSPS) is 17.2. The number of piperazine rings is 1. The van der Waals surface area contributed by atoms with E-state index in [0.717, 1.165) is 42.5 Å². The van der Waals surface area contributed by atoms with Crippen LogP contribution in [0.15, 0.2) is 36.7 Å². The lowest BCUT2D eigenvalue weighted by molar-refractivity contribution is 0.117. The number of urea groups is 1. The monoisotopic (exact) mass is 355 g/mol. The number of pyridine rings is 1. The van der Waals surface area contributed by atoms with Crippen molar-refractivity contribution in [2.45, 2.75) is 19.5 Å². The van der Waals surface area contributed by atoms with Crippen molar-refractivity contribution in [1.82, 2.24) is 25.0 Å². The first-order valence-electron chi connectivity index (χ1n) is 9.28. The van der Waals surface area contributed by atoms with Crippen molar-refractivity contribution in [1.29, 1.82) is 0 Å². The second-order valence-corrected chi connectivity index (χ2v) is 7.24. The lowest BCUT2D eigenvalue weighted by Gasteiger charge is -2.36. The topological polar surface area (TPSA) is 51.7 Å². The van der Waals surface area contributed by atoms with Crippen LogP contribution < -0.4 is 5.32 Å². The van der Waals surface area contributed by atoms with Crippen molar-refractivity contribution in [2.24, 2.45) is 0 Å². The Bertz CT molecular complexity index is 737. The molecule has 1 aliphatic rings. The van der Waals surface area contributed by atoms with Crippen molar-refractivity contribution in [3.05, 3.63) is 42.2 Å². The zero-order valence-corrected chi connectivity index (χ0v) is 16.0. The van der Waals surface area contributed by atoms with Crippen LogP contribution in [-0.4, -0.2) is 78.6 Å². The molecule has 140 valence electrons. The van der Waals surface area contributed by atoms with Crippen molar-refractivity contribution in [2.75, 3.05) is 46.8 Å². The maximum absolute atomic E-state index is 12.5. The molecule has 1 aromatic carbocycles. The molecule has 1 saturated heterocycles. The average molecular weight is 355 g/mol. The summed E-state index contributed by atoms with van der Waals surface area (Å²) in [7, 11) is 4.00. The molecule has 1 atom stereocenters. The number of carbonyl (C=O) groups is 1. The smallest absolute Gasteiger partial charge is 0.317 e. The average Bonchev–Trinajstić information content (AvgIpc) is 2.66. The fourth-order valence-corrected chi connectivity index (χ4v) is 3.42. The molecule has 0 bridgehead atoms. The highest BCUT2D eigenvalue weighted by Crippen LogP contribution is 2.18. The fourth-order valence-electron chi connectivity index (χ4n) is 3.42. The van der Waals surface area contributed by atoms with Crippen molar-refractivity contribution >= 4 is 16.8 Å². The van der Waals surface area contributed by atoms with Crippen LogP contribution in [-0.2, 0) is 6.54 Å². The molecular formula is C20H29N5O. The van der Waals surface area contributed by atoms with Crippen LogP contribution in [0.2, 0.25) is 0 Å². The Morgan fingerprint density at radius 1 is 1.27 bits per heavy atom. The molecule has 6 heteroatoms. The molecule has 0 radical (unpaired) electrons. The van der Waals surface area contributed by atoms with E-state index in [4.69, 9.17) is 0 Å².